The van der Waals surface area contributed by atoms with Gasteiger partial charge in [0.05, 0.1) is 19.3 Å². The average molecular weight is 494 g/mol. The number of hydrogen-bond acceptors (Lipinski definition) is 4. The average Bonchev–Trinajstić information content (AvgIpc) is 3.09. The predicted octanol–water partition coefficient (Wildman–Crippen LogP) is 5.01. The number of aromatic amines is 1. The third kappa shape index (κ3) is 5.50. The molecule has 0 fully saturated rings. The number of nitrogens with one attached hydrogen (secondary N) is 1. The van der Waals surface area contributed by atoms with Crippen molar-refractivity contribution in [3.8, 4) is 0 Å². The molecular formula is C23H26BrClN2O3. The Kier molecular flexibility index (Phi) is 8.48. The minimum Gasteiger partial charge on any atom is -0.382 e. The summed E-state index contributed by atoms with van der Waals surface area (Å²) in [6, 6.07) is 14.9. The molecule has 0 saturated carbocycles. The van der Waals surface area contributed by atoms with E-state index in [-0.39, 0.29) is 12.6 Å². The third-order valence-electron chi connectivity index (χ3n) is 5.11. The van der Waals surface area contributed by atoms with Gasteiger partial charge in [0.2, 0.25) is 0 Å². The quantitative estimate of drug-likeness (QED) is 0.387. The summed E-state index contributed by atoms with van der Waals surface area (Å²) in [5, 5.41) is 2.11. The molecule has 0 bridgehead atoms. The van der Waals surface area contributed by atoms with E-state index in [9.17, 15) is 4.79 Å². The number of aldehydes is 1. The van der Waals surface area contributed by atoms with Gasteiger partial charge in [-0.25, -0.2) is 0 Å². The monoisotopic (exact) mass is 492 g/mol. The van der Waals surface area contributed by atoms with E-state index in [0.29, 0.717) is 13.2 Å². The molecule has 0 aliphatic carbocycles. The number of nitrogens with zero attached hydrogens (tertiary/aromatic N) is 1. The lowest BCUT2D eigenvalue weighted by molar-refractivity contribution is -0.112. The molecule has 160 valence electrons. The van der Waals surface area contributed by atoms with Gasteiger partial charge in [0.15, 0.2) is 0 Å². The zero-order valence-corrected chi connectivity index (χ0v) is 19.5. The summed E-state index contributed by atoms with van der Waals surface area (Å²) in [6.45, 7) is 2.26. The maximum absolute atomic E-state index is 9.60. The number of methoxy groups -OCH3 is 1. The van der Waals surface area contributed by atoms with Gasteiger partial charge in [-0.2, -0.15) is 0 Å². The predicted molar refractivity (Wildman–Crippen MR) is 124 cm³/mol. The van der Waals surface area contributed by atoms with Crippen molar-refractivity contribution >= 4 is 44.7 Å². The number of carbonyl (C=O) groups excluding carboxylic acids is 1. The van der Waals surface area contributed by atoms with Crippen LogP contribution in [0.2, 0.25) is 5.02 Å². The van der Waals surface area contributed by atoms with Gasteiger partial charge in [-0.1, -0.05) is 39.7 Å². The molecule has 5 nitrogen and oxygen atoms in total. The summed E-state index contributed by atoms with van der Waals surface area (Å²) in [5.74, 6) is 0. The van der Waals surface area contributed by atoms with Crippen LogP contribution in [-0.4, -0.2) is 56.7 Å². The molecule has 4 rings (SSSR count). The normalized spacial score (nSPS) is 16.1. The lowest BCUT2D eigenvalue weighted by Crippen LogP contribution is -2.32. The molecule has 30 heavy (non-hydrogen) atoms. The van der Waals surface area contributed by atoms with E-state index in [4.69, 9.17) is 16.3 Å². The highest BCUT2D eigenvalue weighted by atomic mass is 79.9. The Balaban J connectivity index is 0.000000275. The topological polar surface area (TPSA) is 54.6 Å². The summed E-state index contributed by atoms with van der Waals surface area (Å²) in [7, 11) is 3.76. The van der Waals surface area contributed by atoms with Crippen molar-refractivity contribution in [2.45, 2.75) is 12.5 Å². The van der Waals surface area contributed by atoms with Crippen molar-refractivity contribution in [2.24, 2.45) is 0 Å². The molecule has 1 aliphatic heterocycles. The summed E-state index contributed by atoms with van der Waals surface area (Å²) < 4.78 is 10.5. The van der Waals surface area contributed by atoms with Crippen LogP contribution in [0.3, 0.4) is 0 Å². The van der Waals surface area contributed by atoms with Crippen LogP contribution in [0.4, 0.5) is 0 Å². The van der Waals surface area contributed by atoms with Crippen LogP contribution in [-0.2, 0) is 20.7 Å². The van der Waals surface area contributed by atoms with Crippen LogP contribution in [0.1, 0.15) is 22.9 Å². The van der Waals surface area contributed by atoms with Crippen molar-refractivity contribution in [2.75, 3.05) is 40.5 Å². The smallest absolute Gasteiger partial charge is 0.145 e. The fourth-order valence-electron chi connectivity index (χ4n) is 3.75. The Hall–Kier alpha value is -1.70. The highest BCUT2D eigenvalue weighted by Crippen LogP contribution is 2.38. The SMILES string of the molecule is CN1CCc2c([nH]c3ccc(Br)cc23)C1c1cccc(Cl)c1.COCCOCC=O. The Morgan fingerprint density at radius 2 is 2.10 bits per heavy atom. The first kappa shape index (κ1) is 23.0. The number of H-pyrrole nitrogens is 1. The number of benzene rings is 2. The summed E-state index contributed by atoms with van der Waals surface area (Å²) >= 11 is 9.79. The molecule has 0 spiro atoms. The Bertz CT molecular complexity index is 992. The molecule has 0 radical (unpaired) electrons. The van der Waals surface area contributed by atoms with Crippen molar-refractivity contribution in [3.05, 3.63) is 68.8 Å². The molecule has 1 aliphatic rings. The van der Waals surface area contributed by atoms with E-state index in [2.05, 4.69) is 67.9 Å². The lowest BCUT2D eigenvalue weighted by Gasteiger charge is -2.33. The molecular weight excluding hydrogens is 468 g/mol. The van der Waals surface area contributed by atoms with Gasteiger partial charge in [-0.3, -0.25) is 4.90 Å². The van der Waals surface area contributed by atoms with E-state index in [1.165, 1.54) is 27.7 Å². The highest BCUT2D eigenvalue weighted by Gasteiger charge is 2.29. The van der Waals surface area contributed by atoms with E-state index in [1.807, 2.05) is 12.1 Å². The van der Waals surface area contributed by atoms with Gasteiger partial charge in [0.1, 0.15) is 12.9 Å². The molecule has 1 aromatic heterocycles. The number of fused-ring (bicyclic) bond motifs is 3. The van der Waals surface area contributed by atoms with Gasteiger partial charge in [-0.15, -0.1) is 0 Å². The second-order valence-corrected chi connectivity index (χ2v) is 8.48. The number of carbonyl (C=O) groups is 1. The van der Waals surface area contributed by atoms with Crippen molar-refractivity contribution in [3.63, 3.8) is 0 Å². The van der Waals surface area contributed by atoms with Gasteiger partial charge < -0.3 is 19.3 Å². The van der Waals surface area contributed by atoms with Crippen LogP contribution in [0.5, 0.6) is 0 Å². The molecule has 0 amide bonds. The molecule has 1 unspecified atom stereocenters. The number of aromatic nitrogens is 1. The number of likely N-dealkylation sites (N-methyl/N-ethyl adjacent to an activating group) is 1. The maximum Gasteiger partial charge on any atom is 0.145 e. The maximum atomic E-state index is 9.60. The van der Waals surface area contributed by atoms with Gasteiger partial charge >= 0.3 is 0 Å². The standard InChI is InChI=1S/C18H16BrClN2.C5H10O3/c1-22-8-7-14-15-10-12(19)5-6-16(15)21-17(14)18(22)11-3-2-4-13(20)9-11;1-7-4-5-8-3-2-6/h2-6,9-10,18,21H,7-8H2,1H3;2H,3-5H2,1H3. The molecule has 3 aromatic rings. The third-order valence-corrected chi connectivity index (χ3v) is 5.84. The van der Waals surface area contributed by atoms with Crippen LogP contribution >= 0.6 is 27.5 Å². The zero-order valence-electron chi connectivity index (χ0n) is 17.2. The van der Waals surface area contributed by atoms with Crippen molar-refractivity contribution in [1.82, 2.24) is 9.88 Å². The molecule has 2 aromatic carbocycles. The zero-order chi connectivity index (χ0) is 21.5. The second kappa shape index (κ2) is 11.1. The highest BCUT2D eigenvalue weighted by molar-refractivity contribution is 9.10. The van der Waals surface area contributed by atoms with Crippen LogP contribution in [0, 0.1) is 0 Å². The largest absolute Gasteiger partial charge is 0.382 e. The van der Waals surface area contributed by atoms with Gasteiger partial charge in [0.25, 0.3) is 0 Å². The summed E-state index contributed by atoms with van der Waals surface area (Å²) in [6.07, 6.45) is 1.79. The van der Waals surface area contributed by atoms with E-state index in [1.54, 1.807) is 7.11 Å². The number of ether oxygens (including phenoxy) is 2. The van der Waals surface area contributed by atoms with E-state index < -0.39 is 0 Å². The van der Waals surface area contributed by atoms with Gasteiger partial charge in [-0.05, 0) is 54.9 Å². The Morgan fingerprint density at radius 3 is 2.83 bits per heavy atom. The Labute approximate surface area is 190 Å². The van der Waals surface area contributed by atoms with Crippen molar-refractivity contribution < 1.29 is 14.3 Å². The van der Waals surface area contributed by atoms with Crippen molar-refractivity contribution in [1.29, 1.82) is 0 Å². The lowest BCUT2D eigenvalue weighted by atomic mass is 9.93. The summed E-state index contributed by atoms with van der Waals surface area (Å²) in [4.78, 5) is 15.6. The van der Waals surface area contributed by atoms with E-state index in [0.717, 1.165) is 28.7 Å². The number of halogens is 2. The minimum atomic E-state index is 0.170. The summed E-state index contributed by atoms with van der Waals surface area (Å²) in [5.41, 5.74) is 5.17. The molecule has 1 atom stereocenters. The van der Waals surface area contributed by atoms with Crippen LogP contribution < -0.4 is 0 Å². The first-order valence-electron chi connectivity index (χ1n) is 9.81. The molecule has 1 N–H and O–H groups in total. The van der Waals surface area contributed by atoms with E-state index >= 15 is 0 Å². The molecule has 2 heterocycles. The fourth-order valence-corrected chi connectivity index (χ4v) is 4.31. The second-order valence-electron chi connectivity index (χ2n) is 7.13. The Morgan fingerprint density at radius 1 is 1.27 bits per heavy atom. The molecule has 7 heteroatoms. The number of rotatable bonds is 6. The van der Waals surface area contributed by atoms with Crippen LogP contribution in [0.25, 0.3) is 10.9 Å². The minimum absolute atomic E-state index is 0.170. The molecule has 0 saturated heterocycles. The fraction of sp³-hybridized carbons (Fsp3) is 0.348. The first-order chi connectivity index (χ1) is 14.5. The van der Waals surface area contributed by atoms with Crippen LogP contribution in [0.15, 0.2) is 46.9 Å². The first-order valence-corrected chi connectivity index (χ1v) is 11.0. The van der Waals surface area contributed by atoms with Gasteiger partial charge in [0, 0.05) is 39.7 Å². The number of hydrogen-bond donors (Lipinski definition) is 1.